The van der Waals surface area contributed by atoms with Crippen molar-refractivity contribution < 1.29 is 31.9 Å². The summed E-state index contributed by atoms with van der Waals surface area (Å²) < 4.78 is 43.2. The van der Waals surface area contributed by atoms with Gasteiger partial charge in [0.2, 0.25) is 15.9 Å². The Hall–Kier alpha value is -3.38. The highest BCUT2D eigenvalue weighted by molar-refractivity contribution is 7.89. The molecule has 2 heterocycles. The quantitative estimate of drug-likeness (QED) is 0.373. The molecule has 0 aliphatic carbocycles. The molecule has 1 fully saturated rings. The summed E-state index contributed by atoms with van der Waals surface area (Å²) in [5.74, 6) is 0.140. The van der Waals surface area contributed by atoms with Crippen LogP contribution < -0.4 is 10.1 Å². The van der Waals surface area contributed by atoms with Crippen LogP contribution in [0.2, 0.25) is 5.02 Å². The number of ether oxygens (including phenoxy) is 2. The summed E-state index contributed by atoms with van der Waals surface area (Å²) in [4.78, 5) is 27.7. The molecule has 4 rings (SSSR count). The number of carbonyl (C=O) groups is 2. The molecule has 1 saturated heterocycles. The van der Waals surface area contributed by atoms with Gasteiger partial charge in [-0.25, -0.2) is 8.42 Å². The monoisotopic (exact) mass is 575 g/mol. The number of carbonyl (C=O) groups excluding carboxylic acids is 2. The molecular weight excluding hydrogens is 546 g/mol. The van der Waals surface area contributed by atoms with Gasteiger partial charge in [0.1, 0.15) is 17.6 Å². The average Bonchev–Trinajstić information content (AvgIpc) is 3.48. The number of halogens is 1. The van der Waals surface area contributed by atoms with E-state index in [9.17, 15) is 18.0 Å². The molecule has 0 bridgehead atoms. The normalized spacial score (nSPS) is 14.9. The summed E-state index contributed by atoms with van der Waals surface area (Å²) in [7, 11) is -3.64. The van der Waals surface area contributed by atoms with Gasteiger partial charge in [-0.3, -0.25) is 9.59 Å². The van der Waals surface area contributed by atoms with E-state index in [1.165, 1.54) is 39.7 Å². The second kappa shape index (κ2) is 13.1. The first-order valence-corrected chi connectivity index (χ1v) is 14.2. The fraction of sp³-hybridized carbons (Fsp3) is 0.333. The van der Waals surface area contributed by atoms with Gasteiger partial charge in [0.15, 0.2) is 6.61 Å². The summed E-state index contributed by atoms with van der Waals surface area (Å²) >= 11 is 6.00. The first-order chi connectivity index (χ1) is 18.7. The number of nitrogens with one attached hydrogen (secondary N) is 1. The highest BCUT2D eigenvalue weighted by atomic mass is 35.5. The molecule has 2 amide bonds. The Balaban J connectivity index is 1.41. The van der Waals surface area contributed by atoms with E-state index in [1.807, 2.05) is 0 Å². The van der Waals surface area contributed by atoms with Crippen molar-refractivity contribution >= 4 is 33.4 Å². The lowest BCUT2D eigenvalue weighted by Crippen LogP contribution is -2.48. The lowest BCUT2D eigenvalue weighted by Gasteiger charge is -2.28. The van der Waals surface area contributed by atoms with Crippen LogP contribution >= 0.6 is 11.6 Å². The molecule has 2 aromatic carbocycles. The summed E-state index contributed by atoms with van der Waals surface area (Å²) in [6.07, 6.45) is 1.52. The van der Waals surface area contributed by atoms with Crippen LogP contribution in [0.3, 0.4) is 0 Å². The number of hydrogen-bond donors (Lipinski definition) is 1. The van der Waals surface area contributed by atoms with Crippen LogP contribution in [-0.2, 0) is 37.4 Å². The fourth-order valence-corrected chi connectivity index (χ4v) is 5.51. The van der Waals surface area contributed by atoms with E-state index < -0.39 is 22.0 Å². The predicted molar refractivity (Wildman–Crippen MR) is 144 cm³/mol. The molecule has 0 radical (unpaired) electrons. The molecule has 0 saturated carbocycles. The maximum absolute atomic E-state index is 13.3. The van der Waals surface area contributed by atoms with Crippen molar-refractivity contribution in [1.82, 2.24) is 14.5 Å². The van der Waals surface area contributed by atoms with E-state index in [2.05, 4.69) is 5.32 Å². The average molecular weight is 576 g/mol. The lowest BCUT2D eigenvalue weighted by molar-refractivity contribution is -0.142. The minimum atomic E-state index is -3.64. The van der Waals surface area contributed by atoms with Gasteiger partial charge < -0.3 is 24.1 Å². The molecule has 39 heavy (non-hydrogen) atoms. The largest absolute Gasteiger partial charge is 0.484 e. The van der Waals surface area contributed by atoms with Crippen LogP contribution in [0.1, 0.15) is 18.2 Å². The van der Waals surface area contributed by atoms with Gasteiger partial charge in [-0.2, -0.15) is 4.31 Å². The first-order valence-electron chi connectivity index (χ1n) is 12.4. The third-order valence-electron chi connectivity index (χ3n) is 6.24. The van der Waals surface area contributed by atoms with E-state index >= 15 is 0 Å². The molecule has 1 atom stereocenters. The van der Waals surface area contributed by atoms with E-state index in [1.54, 1.807) is 43.3 Å². The standard InChI is InChI=1S/C27H30ClN3O7S/c1-20(27(33)29-17-24-3-2-14-37-24)31(18-21-4-6-22(28)7-5-21)26(32)19-38-23-8-10-25(11-9-23)39(34,35)30-12-15-36-16-13-30/h2-11,14,20H,12-13,15-19H2,1H3,(H,29,33). The minimum Gasteiger partial charge on any atom is -0.484 e. The van der Waals surface area contributed by atoms with Crippen molar-refractivity contribution in [2.45, 2.75) is 31.0 Å². The van der Waals surface area contributed by atoms with Crippen LogP contribution in [0.4, 0.5) is 0 Å². The van der Waals surface area contributed by atoms with Gasteiger partial charge in [-0.1, -0.05) is 23.7 Å². The Morgan fingerprint density at radius 1 is 1.08 bits per heavy atom. The van der Waals surface area contributed by atoms with Crippen molar-refractivity contribution in [1.29, 1.82) is 0 Å². The fourth-order valence-electron chi connectivity index (χ4n) is 3.98. The van der Waals surface area contributed by atoms with Gasteiger partial charge in [0.25, 0.3) is 5.91 Å². The Kier molecular flexibility index (Phi) is 9.63. The van der Waals surface area contributed by atoms with Gasteiger partial charge in [0, 0.05) is 24.7 Å². The summed E-state index contributed by atoms with van der Waals surface area (Å²) in [6, 6.07) is 15.5. The zero-order chi connectivity index (χ0) is 27.8. The Bertz CT molecular complexity index is 1340. The zero-order valence-corrected chi connectivity index (χ0v) is 23.0. The van der Waals surface area contributed by atoms with Crippen molar-refractivity contribution in [3.8, 4) is 5.75 Å². The van der Waals surface area contributed by atoms with Crippen molar-refractivity contribution in [3.63, 3.8) is 0 Å². The summed E-state index contributed by atoms with van der Waals surface area (Å²) in [5, 5.41) is 3.34. The van der Waals surface area contributed by atoms with Gasteiger partial charge >= 0.3 is 0 Å². The molecular formula is C27H30ClN3O7S. The van der Waals surface area contributed by atoms with E-state index in [-0.39, 0.29) is 30.5 Å². The van der Waals surface area contributed by atoms with Gasteiger partial charge in [0.05, 0.1) is 30.9 Å². The van der Waals surface area contributed by atoms with E-state index in [0.717, 1.165) is 5.56 Å². The molecule has 3 aromatic rings. The topological polar surface area (TPSA) is 118 Å². The van der Waals surface area contributed by atoms with Gasteiger partial charge in [-0.05, 0) is 61.0 Å². The minimum absolute atomic E-state index is 0.134. The Labute approximate surface area is 232 Å². The molecule has 1 aliphatic rings. The zero-order valence-electron chi connectivity index (χ0n) is 21.4. The number of furan rings is 1. The molecule has 0 spiro atoms. The number of sulfonamides is 1. The third-order valence-corrected chi connectivity index (χ3v) is 8.41. The van der Waals surface area contributed by atoms with Crippen molar-refractivity contribution in [2.24, 2.45) is 0 Å². The lowest BCUT2D eigenvalue weighted by atomic mass is 10.1. The van der Waals surface area contributed by atoms with Gasteiger partial charge in [-0.15, -0.1) is 0 Å². The van der Waals surface area contributed by atoms with Crippen LogP contribution in [-0.4, -0.2) is 68.4 Å². The first kappa shape index (κ1) is 28.6. The number of nitrogens with zero attached hydrogens (tertiary/aromatic N) is 2. The summed E-state index contributed by atoms with van der Waals surface area (Å²) in [5.41, 5.74) is 0.788. The van der Waals surface area contributed by atoms with Crippen LogP contribution in [0, 0.1) is 0 Å². The number of benzene rings is 2. The number of rotatable bonds is 11. The number of hydrogen-bond acceptors (Lipinski definition) is 7. The van der Waals surface area contributed by atoms with E-state index in [0.29, 0.717) is 42.8 Å². The Morgan fingerprint density at radius 3 is 2.41 bits per heavy atom. The van der Waals surface area contributed by atoms with Crippen molar-refractivity contribution in [2.75, 3.05) is 32.9 Å². The molecule has 12 heteroatoms. The number of morpholine rings is 1. The highest BCUT2D eigenvalue weighted by Crippen LogP contribution is 2.21. The molecule has 208 valence electrons. The SMILES string of the molecule is CC(C(=O)NCc1ccco1)N(Cc1ccc(Cl)cc1)C(=O)COc1ccc(S(=O)(=O)N2CCOCC2)cc1. The number of amides is 2. The van der Waals surface area contributed by atoms with E-state index in [4.69, 9.17) is 25.5 Å². The highest BCUT2D eigenvalue weighted by Gasteiger charge is 2.28. The Morgan fingerprint density at radius 2 is 1.77 bits per heavy atom. The molecule has 1 unspecified atom stereocenters. The van der Waals surface area contributed by atoms with Crippen LogP contribution in [0.25, 0.3) is 0 Å². The second-order valence-corrected chi connectivity index (χ2v) is 11.3. The predicted octanol–water partition coefficient (Wildman–Crippen LogP) is 3.07. The third kappa shape index (κ3) is 7.60. The molecule has 1 aliphatic heterocycles. The van der Waals surface area contributed by atoms with Crippen molar-refractivity contribution in [3.05, 3.63) is 83.3 Å². The maximum atomic E-state index is 13.3. The smallest absolute Gasteiger partial charge is 0.261 e. The maximum Gasteiger partial charge on any atom is 0.261 e. The second-order valence-electron chi connectivity index (χ2n) is 8.90. The molecule has 10 nitrogen and oxygen atoms in total. The molecule has 1 N–H and O–H groups in total. The van der Waals surface area contributed by atoms with Crippen LogP contribution in [0.5, 0.6) is 5.75 Å². The molecule has 1 aromatic heterocycles. The summed E-state index contributed by atoms with van der Waals surface area (Å²) in [6.45, 7) is 2.94. The van der Waals surface area contributed by atoms with Crippen LogP contribution in [0.15, 0.2) is 76.2 Å².